The Morgan fingerprint density at radius 3 is 2.25 bits per heavy atom. The highest BCUT2D eigenvalue weighted by atomic mass is 32.7. The molecule has 4 heavy (non-hydrogen) atoms. The van der Waals surface area contributed by atoms with Crippen molar-refractivity contribution in [3.63, 3.8) is 0 Å². The van der Waals surface area contributed by atoms with E-state index in [0.29, 0.717) is 0 Å². The van der Waals surface area contributed by atoms with Gasteiger partial charge in [-0.2, -0.15) is 0 Å². The lowest BCUT2D eigenvalue weighted by molar-refractivity contribution is 1.97. The molecule has 0 aliphatic heterocycles. The second-order valence-electron chi connectivity index (χ2n) is 0.322. The van der Waals surface area contributed by atoms with E-state index in [1.807, 2.05) is 6.92 Å². The van der Waals surface area contributed by atoms with Gasteiger partial charge in [-0.05, 0) is 15.4 Å². The van der Waals surface area contributed by atoms with Crippen LogP contribution in [-0.4, -0.2) is 0 Å². The first-order valence-electron chi connectivity index (χ1n) is 0.940. The summed E-state index contributed by atoms with van der Waals surface area (Å²) in [5.74, 6) is 0. The average molecular weight is 92.1 g/mol. The Balaban J connectivity index is 2.83. The van der Waals surface area contributed by atoms with Crippen LogP contribution in [0.1, 0.15) is 6.92 Å². The van der Waals surface area contributed by atoms with E-state index in [-0.39, 0.29) is 0 Å². The summed E-state index contributed by atoms with van der Waals surface area (Å²) < 4.78 is 0. The summed E-state index contributed by atoms with van der Waals surface area (Å²) in [6, 6.07) is 0. The van der Waals surface area contributed by atoms with Crippen LogP contribution in [-0.2, 0) is 0 Å². The third kappa shape index (κ3) is 2.43. The lowest BCUT2D eigenvalue weighted by Gasteiger charge is -1.40. The summed E-state index contributed by atoms with van der Waals surface area (Å²) in [5, 5.41) is 2.81. The molecule has 2 heteroatoms. The Bertz CT molecular complexity index is 42.8. The largest absolute Gasteiger partial charge is 0.116 e. The van der Waals surface area contributed by atoms with Crippen LogP contribution in [0.4, 0.5) is 0 Å². The molecule has 0 amide bonds. The molecule has 0 radical (unpaired) electrons. The van der Waals surface area contributed by atoms with Crippen molar-refractivity contribution in [1.82, 2.24) is 0 Å². The molecule has 0 N–H and O–H groups in total. The van der Waals surface area contributed by atoms with Gasteiger partial charge in [-0.25, -0.2) is 0 Å². The predicted molar refractivity (Wildman–Crippen MR) is 26.9 cm³/mol. The minimum Gasteiger partial charge on any atom is -0.116 e. The zero-order valence-corrected chi connectivity index (χ0v) is 4.46. The fourth-order valence-corrected chi connectivity index (χ4v) is 0. The van der Waals surface area contributed by atoms with Crippen LogP contribution in [0.15, 0.2) is 0 Å². The van der Waals surface area contributed by atoms with Gasteiger partial charge in [0.1, 0.15) is 0 Å². The van der Waals surface area contributed by atoms with E-state index in [4.69, 9.17) is 0 Å². The molecule has 0 rings (SSSR count). The highest BCUT2D eigenvalue weighted by Gasteiger charge is 1.26. The fraction of sp³-hybridized carbons (Fsp3) is 0.500. The second-order valence-corrected chi connectivity index (χ2v) is 1.67. The van der Waals surface area contributed by atoms with Crippen LogP contribution in [0.2, 0.25) is 0 Å². The van der Waals surface area contributed by atoms with Crippen LogP contribution >= 0.6 is 19.2 Å². The minimum absolute atomic E-state index is 1.52. The normalized spacial score (nSPS) is 4.50. The standard InChI is InChI=1S/C2H5PS/c1-2-4-3/h3H2,1H3. The Morgan fingerprint density at radius 2 is 2.25 bits per heavy atom. The second kappa shape index (κ2) is 3.43. The molecule has 0 bridgehead atoms. The summed E-state index contributed by atoms with van der Waals surface area (Å²) in [4.78, 5) is 0. The Morgan fingerprint density at radius 1 is 2.00 bits per heavy atom. The SMILES string of the molecule is CC#SP. The van der Waals surface area contributed by atoms with Gasteiger partial charge < -0.3 is 0 Å². The van der Waals surface area contributed by atoms with Crippen molar-refractivity contribution in [2.45, 2.75) is 6.92 Å². The Hall–Kier alpha value is 0.430. The number of rotatable bonds is 0. The summed E-state index contributed by atoms with van der Waals surface area (Å²) in [6.07, 6.45) is 0. The van der Waals surface area contributed by atoms with E-state index in [0.717, 1.165) is 0 Å². The first kappa shape index (κ1) is 4.43. The van der Waals surface area contributed by atoms with E-state index in [1.54, 1.807) is 0 Å². The molecule has 0 aromatic rings. The van der Waals surface area contributed by atoms with Crippen molar-refractivity contribution in [2.75, 3.05) is 0 Å². The van der Waals surface area contributed by atoms with Crippen molar-refractivity contribution in [1.29, 1.82) is 0 Å². The molecule has 24 valence electrons. The van der Waals surface area contributed by atoms with E-state index in [2.05, 4.69) is 13.6 Å². The minimum atomic E-state index is 1.52. The van der Waals surface area contributed by atoms with Crippen molar-refractivity contribution in [3.05, 3.63) is 0 Å². The van der Waals surface area contributed by atoms with E-state index >= 15 is 0 Å². The van der Waals surface area contributed by atoms with Crippen molar-refractivity contribution < 1.29 is 0 Å². The molecule has 1 unspecified atom stereocenters. The fourth-order valence-electron chi connectivity index (χ4n) is 0. The third-order valence-electron chi connectivity index (χ3n) is 0.118. The first-order valence-corrected chi connectivity index (χ1v) is 3.23. The van der Waals surface area contributed by atoms with Gasteiger partial charge in [-0.15, -0.1) is 10.8 Å². The molecule has 0 spiro atoms. The zero-order chi connectivity index (χ0) is 3.41. The molecular weight excluding hydrogens is 87.1 g/mol. The highest BCUT2D eigenvalue weighted by Crippen LogP contribution is 1.88. The summed E-state index contributed by atoms with van der Waals surface area (Å²) in [5.41, 5.74) is 0. The molecule has 0 aliphatic rings. The molecule has 0 saturated heterocycles. The van der Waals surface area contributed by atoms with Gasteiger partial charge in [0.25, 0.3) is 0 Å². The topological polar surface area (TPSA) is 0 Å². The van der Waals surface area contributed by atoms with E-state index in [1.165, 1.54) is 10.8 Å². The quantitative estimate of drug-likeness (QED) is 0.397. The van der Waals surface area contributed by atoms with Gasteiger partial charge in [-0.3, -0.25) is 0 Å². The molecule has 0 heterocycles. The van der Waals surface area contributed by atoms with E-state index < -0.39 is 0 Å². The van der Waals surface area contributed by atoms with Crippen LogP contribution in [0.25, 0.3) is 0 Å². The van der Waals surface area contributed by atoms with Gasteiger partial charge in [-0.1, -0.05) is 5.18 Å². The molecule has 1 atom stereocenters. The predicted octanol–water partition coefficient (Wildman–Crippen LogP) is 1.49. The van der Waals surface area contributed by atoms with Crippen LogP contribution < -0.4 is 0 Å². The Kier molecular flexibility index (Phi) is 3.80. The zero-order valence-electron chi connectivity index (χ0n) is 2.49. The van der Waals surface area contributed by atoms with Gasteiger partial charge in [0.15, 0.2) is 0 Å². The van der Waals surface area contributed by atoms with Crippen molar-refractivity contribution in [3.8, 4) is 5.18 Å². The lowest BCUT2D eigenvalue weighted by Crippen LogP contribution is -1.08. The summed E-state index contributed by atoms with van der Waals surface area (Å²) in [6.45, 7) is 1.87. The molecular formula is C2H5PS. The molecule has 0 nitrogen and oxygen atoms in total. The molecule has 0 fully saturated rings. The van der Waals surface area contributed by atoms with Gasteiger partial charge in [0.05, 0.1) is 0 Å². The van der Waals surface area contributed by atoms with Crippen LogP contribution in [0, 0.1) is 5.18 Å². The maximum atomic E-state index is 2.81. The molecule has 0 aromatic carbocycles. The highest BCUT2D eigenvalue weighted by molar-refractivity contribution is 8.36. The van der Waals surface area contributed by atoms with E-state index in [9.17, 15) is 0 Å². The molecule has 0 aromatic heterocycles. The lowest BCUT2D eigenvalue weighted by atomic mass is 11.0. The maximum Gasteiger partial charge on any atom is -0.000211 e. The first-order chi connectivity index (χ1) is 1.91. The smallest absolute Gasteiger partial charge is 0.000211 e. The van der Waals surface area contributed by atoms with Crippen molar-refractivity contribution >= 4 is 19.2 Å². The summed E-state index contributed by atoms with van der Waals surface area (Å²) in [7, 11) is 3.98. The maximum absolute atomic E-state index is 2.81. The number of hydrogen-bond acceptors (Lipinski definition) is 0. The number of hydrogen-bond donors (Lipinski definition) is 0. The summed E-state index contributed by atoms with van der Waals surface area (Å²) >= 11 is 0. The molecule has 0 saturated carbocycles. The van der Waals surface area contributed by atoms with Crippen LogP contribution in [0.3, 0.4) is 0 Å². The van der Waals surface area contributed by atoms with Gasteiger partial charge in [0, 0.05) is 0 Å². The Labute approximate surface area is 32.1 Å². The monoisotopic (exact) mass is 92.0 g/mol. The average Bonchev–Trinajstić information content (AvgIpc) is 1.37. The molecule has 0 aliphatic carbocycles. The van der Waals surface area contributed by atoms with Crippen LogP contribution in [0.5, 0.6) is 0 Å². The third-order valence-corrected chi connectivity index (χ3v) is 1.06. The van der Waals surface area contributed by atoms with Gasteiger partial charge >= 0.3 is 0 Å². The van der Waals surface area contributed by atoms with Crippen molar-refractivity contribution in [2.24, 2.45) is 0 Å². The van der Waals surface area contributed by atoms with Gasteiger partial charge in [0.2, 0.25) is 0 Å².